The zero-order valence-electron chi connectivity index (χ0n) is 17.5. The Morgan fingerprint density at radius 3 is 2.87 bits per heavy atom. The Morgan fingerprint density at radius 2 is 2.13 bits per heavy atom. The van der Waals surface area contributed by atoms with E-state index < -0.39 is 0 Å². The van der Waals surface area contributed by atoms with Crippen molar-refractivity contribution in [1.29, 1.82) is 0 Å². The zero-order chi connectivity index (χ0) is 21.6. The van der Waals surface area contributed by atoms with Crippen molar-refractivity contribution < 1.29 is 18.7 Å². The molecule has 4 rings (SSSR count). The minimum atomic E-state index is -0.263. The predicted octanol–water partition coefficient (Wildman–Crippen LogP) is 3.90. The number of ether oxygens (including phenoxy) is 2. The van der Waals surface area contributed by atoms with Crippen LogP contribution in [0.15, 0.2) is 60.9 Å². The first-order valence-corrected chi connectivity index (χ1v) is 10.4. The number of aromatic nitrogens is 2. The largest absolute Gasteiger partial charge is 0.497 e. The average Bonchev–Trinajstić information content (AvgIpc) is 3.47. The molecule has 1 atom stereocenters. The zero-order valence-corrected chi connectivity index (χ0v) is 17.5. The summed E-state index contributed by atoms with van der Waals surface area (Å²) in [6, 6.07) is 13.6. The molecule has 0 spiro atoms. The van der Waals surface area contributed by atoms with Gasteiger partial charge < -0.3 is 18.9 Å². The molecule has 0 saturated carbocycles. The fourth-order valence-electron chi connectivity index (χ4n) is 3.78. The molecule has 31 heavy (non-hydrogen) atoms. The van der Waals surface area contributed by atoms with Gasteiger partial charge in [-0.2, -0.15) is 0 Å². The summed E-state index contributed by atoms with van der Waals surface area (Å²) in [7, 11) is 1.58. The predicted molar refractivity (Wildman–Crippen MR) is 114 cm³/mol. The molecule has 0 radical (unpaired) electrons. The van der Waals surface area contributed by atoms with E-state index in [1.54, 1.807) is 42.5 Å². The summed E-state index contributed by atoms with van der Waals surface area (Å²) >= 11 is 0. The molecule has 1 aromatic heterocycles. The first-order chi connectivity index (χ1) is 15.1. The highest BCUT2D eigenvalue weighted by atomic mass is 19.1. The van der Waals surface area contributed by atoms with Gasteiger partial charge in [-0.3, -0.25) is 4.79 Å². The number of nitrogens with zero attached hydrogens (tertiary/aromatic N) is 3. The fourth-order valence-corrected chi connectivity index (χ4v) is 3.78. The van der Waals surface area contributed by atoms with Crippen LogP contribution in [0, 0.1) is 5.82 Å². The second kappa shape index (κ2) is 9.75. The van der Waals surface area contributed by atoms with E-state index in [1.807, 2.05) is 22.9 Å². The Bertz CT molecular complexity index is 1010. The number of benzene rings is 2. The van der Waals surface area contributed by atoms with Crippen LogP contribution in [0.4, 0.5) is 4.39 Å². The Balaban J connectivity index is 1.55. The summed E-state index contributed by atoms with van der Waals surface area (Å²) in [6.07, 6.45) is 5.56. The van der Waals surface area contributed by atoms with Gasteiger partial charge in [0.25, 0.3) is 5.91 Å². The third-order valence-electron chi connectivity index (χ3n) is 5.45. The first kappa shape index (κ1) is 21.1. The molecule has 1 fully saturated rings. The second-order valence-corrected chi connectivity index (χ2v) is 7.65. The summed E-state index contributed by atoms with van der Waals surface area (Å²) < 4.78 is 26.3. The molecule has 1 amide bonds. The van der Waals surface area contributed by atoms with E-state index in [-0.39, 0.29) is 17.8 Å². The molecule has 6 nitrogen and oxygen atoms in total. The van der Waals surface area contributed by atoms with Crippen LogP contribution in [0.1, 0.15) is 34.6 Å². The number of hydrogen-bond donors (Lipinski definition) is 0. The van der Waals surface area contributed by atoms with Crippen LogP contribution >= 0.6 is 0 Å². The van der Waals surface area contributed by atoms with Gasteiger partial charge in [0.2, 0.25) is 0 Å². The van der Waals surface area contributed by atoms with E-state index >= 15 is 0 Å². The lowest BCUT2D eigenvalue weighted by Crippen LogP contribution is -2.37. The third kappa shape index (κ3) is 5.30. The summed E-state index contributed by atoms with van der Waals surface area (Å²) in [5.74, 6) is 1.05. The van der Waals surface area contributed by atoms with E-state index in [2.05, 4.69) is 4.98 Å². The van der Waals surface area contributed by atoms with Crippen LogP contribution in [0.25, 0.3) is 0 Å². The van der Waals surface area contributed by atoms with E-state index in [0.29, 0.717) is 30.9 Å². The lowest BCUT2D eigenvalue weighted by molar-refractivity contribution is 0.0499. The number of halogens is 1. The Hall–Kier alpha value is -3.19. The lowest BCUT2D eigenvalue weighted by atomic mass is 10.1. The van der Waals surface area contributed by atoms with Crippen LogP contribution in [-0.2, 0) is 17.8 Å². The van der Waals surface area contributed by atoms with Crippen molar-refractivity contribution in [1.82, 2.24) is 14.5 Å². The third-order valence-corrected chi connectivity index (χ3v) is 5.45. The minimum Gasteiger partial charge on any atom is -0.497 e. The van der Waals surface area contributed by atoms with Crippen molar-refractivity contribution >= 4 is 5.91 Å². The maximum absolute atomic E-state index is 13.4. The Kier molecular flexibility index (Phi) is 6.62. The highest BCUT2D eigenvalue weighted by Crippen LogP contribution is 2.20. The van der Waals surface area contributed by atoms with Gasteiger partial charge >= 0.3 is 0 Å². The summed E-state index contributed by atoms with van der Waals surface area (Å²) in [6.45, 7) is 2.13. The number of rotatable bonds is 8. The first-order valence-electron chi connectivity index (χ1n) is 10.4. The Morgan fingerprint density at radius 1 is 1.29 bits per heavy atom. The number of imidazole rings is 1. The van der Waals surface area contributed by atoms with Crippen molar-refractivity contribution in [3.05, 3.63) is 83.7 Å². The molecule has 1 aliphatic heterocycles. The Labute approximate surface area is 181 Å². The molecule has 7 heteroatoms. The number of amides is 1. The SMILES string of the molecule is COc1cccc(C(=O)N(Cc2nccn2Cc2ccc(F)cc2)C[C@H]2CCCO2)c1. The molecule has 1 aliphatic rings. The maximum Gasteiger partial charge on any atom is 0.254 e. The van der Waals surface area contributed by atoms with Crippen molar-refractivity contribution in [2.45, 2.75) is 32.0 Å². The van der Waals surface area contributed by atoms with Crippen LogP contribution in [-0.4, -0.2) is 46.7 Å². The van der Waals surface area contributed by atoms with Gasteiger partial charge in [-0.15, -0.1) is 0 Å². The van der Waals surface area contributed by atoms with Crippen LogP contribution in [0.3, 0.4) is 0 Å². The number of carbonyl (C=O) groups excluding carboxylic acids is 1. The van der Waals surface area contributed by atoms with Crippen molar-refractivity contribution in [2.24, 2.45) is 0 Å². The minimum absolute atomic E-state index is 0.0232. The fraction of sp³-hybridized carbons (Fsp3) is 0.333. The van der Waals surface area contributed by atoms with Gasteiger partial charge in [-0.05, 0) is 48.7 Å². The van der Waals surface area contributed by atoms with Gasteiger partial charge in [0.05, 0.1) is 19.8 Å². The summed E-state index contributed by atoms with van der Waals surface area (Å²) in [5.41, 5.74) is 1.53. The number of methoxy groups -OCH3 is 1. The highest BCUT2D eigenvalue weighted by molar-refractivity contribution is 5.94. The molecule has 162 valence electrons. The van der Waals surface area contributed by atoms with Gasteiger partial charge in [0, 0.05) is 37.7 Å². The molecular formula is C24H26FN3O3. The highest BCUT2D eigenvalue weighted by Gasteiger charge is 2.25. The van der Waals surface area contributed by atoms with Gasteiger partial charge in [0.15, 0.2) is 0 Å². The van der Waals surface area contributed by atoms with Gasteiger partial charge in [-0.25, -0.2) is 9.37 Å². The maximum atomic E-state index is 13.4. The molecule has 1 saturated heterocycles. The lowest BCUT2D eigenvalue weighted by Gasteiger charge is -2.26. The average molecular weight is 423 g/mol. The van der Waals surface area contributed by atoms with E-state index in [4.69, 9.17) is 9.47 Å². The van der Waals surface area contributed by atoms with E-state index in [1.165, 1.54) is 12.1 Å². The van der Waals surface area contributed by atoms with Crippen LogP contribution < -0.4 is 4.74 Å². The molecule has 0 N–H and O–H groups in total. The summed E-state index contributed by atoms with van der Waals surface area (Å²) in [4.78, 5) is 19.6. The standard InChI is InChI=1S/C24H26FN3O3/c1-30-21-5-2-4-19(14-21)24(29)28(16-22-6-3-13-31-22)17-23-26-11-12-27(23)15-18-7-9-20(25)10-8-18/h2,4-5,7-12,14,22H,3,6,13,15-17H2,1H3/t22-/m1/s1. The summed E-state index contributed by atoms with van der Waals surface area (Å²) in [5, 5.41) is 0. The smallest absolute Gasteiger partial charge is 0.254 e. The van der Waals surface area contributed by atoms with E-state index in [9.17, 15) is 9.18 Å². The van der Waals surface area contributed by atoms with E-state index in [0.717, 1.165) is 30.8 Å². The molecule has 0 bridgehead atoms. The second-order valence-electron chi connectivity index (χ2n) is 7.65. The van der Waals surface area contributed by atoms with Crippen molar-refractivity contribution in [3.8, 4) is 5.75 Å². The quantitative estimate of drug-likeness (QED) is 0.551. The molecular weight excluding hydrogens is 397 g/mol. The monoisotopic (exact) mass is 423 g/mol. The molecule has 2 aromatic carbocycles. The molecule has 2 heterocycles. The normalized spacial score (nSPS) is 15.7. The van der Waals surface area contributed by atoms with Gasteiger partial charge in [0.1, 0.15) is 17.4 Å². The van der Waals surface area contributed by atoms with Crippen molar-refractivity contribution in [3.63, 3.8) is 0 Å². The number of hydrogen-bond acceptors (Lipinski definition) is 4. The van der Waals surface area contributed by atoms with Crippen LogP contribution in [0.2, 0.25) is 0 Å². The molecule has 3 aromatic rings. The number of carbonyl (C=O) groups is 1. The van der Waals surface area contributed by atoms with Crippen LogP contribution in [0.5, 0.6) is 5.75 Å². The van der Waals surface area contributed by atoms with Crippen molar-refractivity contribution in [2.75, 3.05) is 20.3 Å². The topological polar surface area (TPSA) is 56.6 Å². The molecule has 0 aliphatic carbocycles. The van der Waals surface area contributed by atoms with Gasteiger partial charge in [-0.1, -0.05) is 18.2 Å². The molecule has 0 unspecified atom stereocenters.